The fourth-order valence-electron chi connectivity index (χ4n) is 2.95. The largest absolute Gasteiger partial charge is 0.356 e. The lowest BCUT2D eigenvalue weighted by atomic mass is 10.3. The predicted octanol–water partition coefficient (Wildman–Crippen LogP) is 2.91. The van der Waals surface area contributed by atoms with Gasteiger partial charge in [0.25, 0.3) is 0 Å². The van der Waals surface area contributed by atoms with Gasteiger partial charge in [-0.05, 0) is 32.4 Å². The van der Waals surface area contributed by atoms with Crippen molar-refractivity contribution in [2.45, 2.75) is 33.2 Å². The molecule has 2 heterocycles. The molecular weight excluding hydrogens is 344 g/mol. The number of hydrogen-bond acceptors (Lipinski definition) is 4. The average molecular weight is 371 g/mol. The molecule has 2 aromatic heterocycles. The Morgan fingerprint density at radius 2 is 2.00 bits per heavy atom. The van der Waals surface area contributed by atoms with Crippen LogP contribution in [0.4, 0.5) is 0 Å². The second kappa shape index (κ2) is 8.80. The van der Waals surface area contributed by atoms with E-state index in [9.17, 15) is 0 Å². The molecule has 1 aromatic carbocycles. The van der Waals surface area contributed by atoms with Crippen LogP contribution >= 0.6 is 11.3 Å². The van der Waals surface area contributed by atoms with Crippen LogP contribution in [0.3, 0.4) is 0 Å². The molecule has 0 aliphatic carbocycles. The van der Waals surface area contributed by atoms with Crippen LogP contribution in [0.5, 0.6) is 0 Å². The van der Waals surface area contributed by atoms with Crippen LogP contribution in [0, 0.1) is 13.8 Å². The summed E-state index contributed by atoms with van der Waals surface area (Å²) in [6, 6.07) is 8.29. The van der Waals surface area contributed by atoms with E-state index in [2.05, 4.69) is 62.2 Å². The normalized spacial score (nSPS) is 11.9. The molecule has 0 spiro atoms. The van der Waals surface area contributed by atoms with Crippen LogP contribution in [0.15, 0.2) is 35.5 Å². The molecule has 3 aromatic rings. The zero-order valence-corrected chi connectivity index (χ0v) is 16.4. The Morgan fingerprint density at radius 3 is 2.77 bits per heavy atom. The number of benzene rings is 1. The van der Waals surface area contributed by atoms with Crippen LogP contribution < -0.4 is 10.6 Å². The SMILES string of the molecule is CN=C(NCCCn1c(C)nc2ccccc21)NCCc1ncc(C)s1. The van der Waals surface area contributed by atoms with E-state index in [-0.39, 0.29) is 0 Å². The van der Waals surface area contributed by atoms with Crippen molar-refractivity contribution in [1.29, 1.82) is 0 Å². The third-order valence-electron chi connectivity index (χ3n) is 4.22. The summed E-state index contributed by atoms with van der Waals surface area (Å²) in [7, 11) is 1.80. The van der Waals surface area contributed by atoms with Crippen molar-refractivity contribution in [2.24, 2.45) is 4.99 Å². The minimum atomic E-state index is 0.831. The summed E-state index contributed by atoms with van der Waals surface area (Å²) in [4.78, 5) is 14.5. The summed E-state index contributed by atoms with van der Waals surface area (Å²) >= 11 is 1.75. The van der Waals surface area contributed by atoms with Crippen molar-refractivity contribution in [2.75, 3.05) is 20.1 Å². The number of para-hydroxylation sites is 2. The highest BCUT2D eigenvalue weighted by Crippen LogP contribution is 2.15. The van der Waals surface area contributed by atoms with Crippen molar-refractivity contribution >= 4 is 28.3 Å². The van der Waals surface area contributed by atoms with Gasteiger partial charge in [0.15, 0.2) is 5.96 Å². The Kier molecular flexibility index (Phi) is 6.22. The lowest BCUT2D eigenvalue weighted by Crippen LogP contribution is -2.39. The third kappa shape index (κ3) is 4.60. The molecule has 3 rings (SSSR count). The number of nitrogens with one attached hydrogen (secondary N) is 2. The molecule has 2 N–H and O–H groups in total. The number of aliphatic imine (C=N–C) groups is 1. The van der Waals surface area contributed by atoms with Crippen LogP contribution in [0.25, 0.3) is 11.0 Å². The predicted molar refractivity (Wildman–Crippen MR) is 109 cm³/mol. The second-order valence-corrected chi connectivity index (χ2v) is 7.51. The number of hydrogen-bond donors (Lipinski definition) is 2. The molecule has 0 saturated carbocycles. The Balaban J connectivity index is 1.42. The van der Waals surface area contributed by atoms with E-state index < -0.39 is 0 Å². The van der Waals surface area contributed by atoms with E-state index in [4.69, 9.17) is 0 Å². The van der Waals surface area contributed by atoms with Gasteiger partial charge < -0.3 is 15.2 Å². The first-order chi connectivity index (χ1) is 12.7. The van der Waals surface area contributed by atoms with Gasteiger partial charge in [0.1, 0.15) is 5.82 Å². The first-order valence-corrected chi connectivity index (χ1v) is 9.76. The van der Waals surface area contributed by atoms with Gasteiger partial charge >= 0.3 is 0 Å². The molecule has 0 aliphatic heterocycles. The quantitative estimate of drug-likeness (QED) is 0.381. The summed E-state index contributed by atoms with van der Waals surface area (Å²) in [5.41, 5.74) is 2.26. The second-order valence-electron chi connectivity index (χ2n) is 6.19. The highest BCUT2D eigenvalue weighted by Gasteiger charge is 2.06. The number of imidazole rings is 1. The number of nitrogens with zero attached hydrogens (tertiary/aromatic N) is 4. The van der Waals surface area contributed by atoms with E-state index in [0.29, 0.717) is 0 Å². The van der Waals surface area contributed by atoms with Gasteiger partial charge in [-0.25, -0.2) is 9.97 Å². The van der Waals surface area contributed by atoms with Gasteiger partial charge in [0.05, 0.1) is 16.0 Å². The Bertz CT molecular complexity index is 879. The van der Waals surface area contributed by atoms with Gasteiger partial charge in [-0.1, -0.05) is 12.1 Å². The average Bonchev–Trinajstić information content (AvgIpc) is 3.19. The van der Waals surface area contributed by atoms with Gasteiger partial charge in [-0.15, -0.1) is 11.3 Å². The molecule has 0 amide bonds. The van der Waals surface area contributed by atoms with E-state index in [1.54, 1.807) is 18.4 Å². The zero-order valence-electron chi connectivity index (χ0n) is 15.6. The van der Waals surface area contributed by atoms with Crippen molar-refractivity contribution in [1.82, 2.24) is 25.2 Å². The zero-order chi connectivity index (χ0) is 18.4. The Labute approximate surface area is 158 Å². The maximum atomic E-state index is 4.62. The van der Waals surface area contributed by atoms with E-state index in [1.165, 1.54) is 10.4 Å². The monoisotopic (exact) mass is 370 g/mol. The van der Waals surface area contributed by atoms with Crippen LogP contribution in [0.1, 0.15) is 22.1 Å². The van der Waals surface area contributed by atoms with E-state index in [0.717, 1.165) is 54.8 Å². The number of fused-ring (bicyclic) bond motifs is 1. The minimum Gasteiger partial charge on any atom is -0.356 e. The highest BCUT2D eigenvalue weighted by atomic mass is 32.1. The topological polar surface area (TPSA) is 67.1 Å². The fourth-order valence-corrected chi connectivity index (χ4v) is 3.73. The summed E-state index contributed by atoms with van der Waals surface area (Å²) in [5.74, 6) is 1.90. The molecule has 0 bridgehead atoms. The molecular formula is C19H26N6S. The van der Waals surface area contributed by atoms with Crippen molar-refractivity contribution in [3.8, 4) is 0 Å². The van der Waals surface area contributed by atoms with Crippen molar-refractivity contribution in [3.05, 3.63) is 46.2 Å². The molecule has 0 unspecified atom stereocenters. The first kappa shape index (κ1) is 18.4. The maximum absolute atomic E-state index is 4.62. The van der Waals surface area contributed by atoms with Crippen LogP contribution in [-0.2, 0) is 13.0 Å². The minimum absolute atomic E-state index is 0.831. The molecule has 0 aliphatic rings. The standard InChI is InChI=1S/C19H26N6S/c1-14-13-23-18(26-14)9-11-22-19(20-3)21-10-6-12-25-15(2)24-16-7-4-5-8-17(16)25/h4-5,7-8,13H,6,9-12H2,1-3H3,(H2,20,21,22). The number of thiazole rings is 1. The Hall–Kier alpha value is -2.41. The smallest absolute Gasteiger partial charge is 0.190 e. The molecule has 0 fully saturated rings. The lowest BCUT2D eigenvalue weighted by molar-refractivity contribution is 0.624. The number of guanidine groups is 1. The van der Waals surface area contributed by atoms with Gasteiger partial charge in [-0.3, -0.25) is 4.99 Å². The molecule has 0 saturated heterocycles. The number of aromatic nitrogens is 3. The summed E-state index contributed by atoms with van der Waals surface area (Å²) < 4.78 is 2.28. The van der Waals surface area contributed by atoms with Crippen molar-refractivity contribution < 1.29 is 0 Å². The number of aryl methyl sites for hydroxylation is 3. The van der Waals surface area contributed by atoms with Crippen LogP contribution in [0.2, 0.25) is 0 Å². The summed E-state index contributed by atoms with van der Waals surface area (Å²) in [5, 5.41) is 7.89. The van der Waals surface area contributed by atoms with Gasteiger partial charge in [0.2, 0.25) is 0 Å². The Morgan fingerprint density at radius 1 is 1.19 bits per heavy atom. The van der Waals surface area contributed by atoms with E-state index in [1.807, 2.05) is 12.3 Å². The molecule has 0 radical (unpaired) electrons. The maximum Gasteiger partial charge on any atom is 0.190 e. The molecule has 138 valence electrons. The third-order valence-corrected chi connectivity index (χ3v) is 5.19. The first-order valence-electron chi connectivity index (χ1n) is 8.95. The highest BCUT2D eigenvalue weighted by molar-refractivity contribution is 7.11. The lowest BCUT2D eigenvalue weighted by Gasteiger charge is -2.12. The van der Waals surface area contributed by atoms with Crippen molar-refractivity contribution in [3.63, 3.8) is 0 Å². The van der Waals surface area contributed by atoms with E-state index >= 15 is 0 Å². The fraction of sp³-hybridized carbons (Fsp3) is 0.421. The molecule has 6 nitrogen and oxygen atoms in total. The molecule has 26 heavy (non-hydrogen) atoms. The summed E-state index contributed by atoms with van der Waals surface area (Å²) in [6.07, 6.45) is 3.85. The van der Waals surface area contributed by atoms with Gasteiger partial charge in [-0.2, -0.15) is 0 Å². The van der Waals surface area contributed by atoms with Crippen LogP contribution in [-0.4, -0.2) is 40.6 Å². The molecule has 7 heteroatoms. The van der Waals surface area contributed by atoms with Gasteiger partial charge in [0, 0.05) is 44.2 Å². The summed E-state index contributed by atoms with van der Waals surface area (Å²) in [6.45, 7) is 6.78. The molecule has 0 atom stereocenters. The number of rotatable bonds is 7.